The van der Waals surface area contributed by atoms with E-state index in [-0.39, 0.29) is 23.6 Å². The Morgan fingerprint density at radius 1 is 1.20 bits per heavy atom. The van der Waals surface area contributed by atoms with Crippen LogP contribution in [0.1, 0.15) is 15.9 Å². The van der Waals surface area contributed by atoms with Crippen LogP contribution >= 0.6 is 0 Å². The highest BCUT2D eigenvalue weighted by Gasteiger charge is 2.18. The number of nitrogens with zero attached hydrogens (tertiary/aromatic N) is 1. The average Bonchev–Trinajstić information content (AvgIpc) is 2.61. The molecule has 0 saturated carbocycles. The van der Waals surface area contributed by atoms with E-state index in [1.807, 2.05) is 0 Å². The molecule has 8 heteroatoms. The summed E-state index contributed by atoms with van der Waals surface area (Å²) in [6.07, 6.45) is -0.184. The van der Waals surface area contributed by atoms with Gasteiger partial charge in [-0.15, -0.1) is 0 Å². The van der Waals surface area contributed by atoms with E-state index >= 15 is 0 Å². The van der Waals surface area contributed by atoms with Crippen LogP contribution in [0.4, 0.5) is 11.4 Å². The zero-order valence-corrected chi connectivity index (χ0v) is 13.7. The summed E-state index contributed by atoms with van der Waals surface area (Å²) in [5.41, 5.74) is 0.695. The highest BCUT2D eigenvalue weighted by molar-refractivity contribution is 6.04. The van der Waals surface area contributed by atoms with Crippen molar-refractivity contribution in [2.75, 3.05) is 19.5 Å². The molecule has 2 rings (SSSR count). The van der Waals surface area contributed by atoms with E-state index in [2.05, 4.69) is 10.6 Å². The highest BCUT2D eigenvalue weighted by Crippen LogP contribution is 2.23. The first-order chi connectivity index (χ1) is 12.0. The van der Waals surface area contributed by atoms with Gasteiger partial charge in [-0.1, -0.05) is 18.2 Å². The van der Waals surface area contributed by atoms with Gasteiger partial charge in [-0.3, -0.25) is 19.7 Å². The van der Waals surface area contributed by atoms with Crippen molar-refractivity contribution in [3.63, 3.8) is 0 Å². The Balaban J connectivity index is 2.24. The normalized spacial score (nSPS) is 10.0. The number of nitrogens with one attached hydrogen (secondary N) is 2. The highest BCUT2D eigenvalue weighted by atomic mass is 16.6. The topological polar surface area (TPSA) is 111 Å². The summed E-state index contributed by atoms with van der Waals surface area (Å²) in [6, 6.07) is 10.7. The van der Waals surface area contributed by atoms with Crippen LogP contribution in [0, 0.1) is 10.1 Å². The van der Waals surface area contributed by atoms with E-state index in [0.717, 1.165) is 0 Å². The third kappa shape index (κ3) is 4.31. The van der Waals surface area contributed by atoms with Crippen LogP contribution < -0.4 is 15.4 Å². The lowest BCUT2D eigenvalue weighted by molar-refractivity contribution is -0.385. The van der Waals surface area contributed by atoms with Crippen molar-refractivity contribution in [3.05, 3.63) is 63.7 Å². The van der Waals surface area contributed by atoms with Crippen LogP contribution in [0.25, 0.3) is 0 Å². The molecule has 0 heterocycles. The van der Waals surface area contributed by atoms with E-state index < -0.39 is 10.8 Å². The quantitative estimate of drug-likeness (QED) is 0.617. The van der Waals surface area contributed by atoms with Crippen LogP contribution in [0.2, 0.25) is 0 Å². The monoisotopic (exact) mass is 343 g/mol. The summed E-state index contributed by atoms with van der Waals surface area (Å²) in [7, 11) is 2.94. The number of anilines is 1. The molecule has 130 valence electrons. The smallest absolute Gasteiger partial charge is 0.273 e. The summed E-state index contributed by atoms with van der Waals surface area (Å²) >= 11 is 0. The number of hydrogen-bond donors (Lipinski definition) is 2. The van der Waals surface area contributed by atoms with Gasteiger partial charge in [0.15, 0.2) is 0 Å². The predicted octanol–water partition coefficient (Wildman–Crippen LogP) is 2.14. The molecule has 0 aliphatic carbocycles. The Morgan fingerprint density at radius 2 is 1.92 bits per heavy atom. The fourth-order valence-corrected chi connectivity index (χ4v) is 2.29. The first-order valence-corrected chi connectivity index (χ1v) is 7.38. The average molecular weight is 343 g/mol. The Kier molecular flexibility index (Phi) is 5.67. The second kappa shape index (κ2) is 7.91. The first kappa shape index (κ1) is 17.9. The lowest BCUT2D eigenvalue weighted by Gasteiger charge is -2.12. The van der Waals surface area contributed by atoms with Crippen LogP contribution in [-0.2, 0) is 11.2 Å². The number of para-hydroxylation sites is 1. The number of hydrogen-bond acceptors (Lipinski definition) is 5. The molecular formula is C17H17N3O5. The van der Waals surface area contributed by atoms with Gasteiger partial charge in [0.2, 0.25) is 5.91 Å². The molecule has 2 amide bonds. The van der Waals surface area contributed by atoms with Crippen molar-refractivity contribution in [3.8, 4) is 5.75 Å². The van der Waals surface area contributed by atoms with Crippen molar-refractivity contribution in [2.45, 2.75) is 6.42 Å². The number of ether oxygens (including phenoxy) is 1. The standard InChI is InChI=1S/C17H17N3O5/c1-18-17(22)13-10-12(25-2)7-8-14(13)19-16(21)9-11-5-3-4-6-15(11)20(23)24/h3-8,10H,9H2,1-2H3,(H,18,22)(H,19,21). The van der Waals surface area contributed by atoms with Crippen molar-refractivity contribution in [1.82, 2.24) is 5.32 Å². The molecule has 0 aliphatic heterocycles. The Hall–Kier alpha value is -3.42. The number of amides is 2. The van der Waals surface area contributed by atoms with Gasteiger partial charge in [-0.05, 0) is 18.2 Å². The zero-order valence-electron chi connectivity index (χ0n) is 13.7. The number of methoxy groups -OCH3 is 1. The van der Waals surface area contributed by atoms with Gasteiger partial charge in [0.1, 0.15) is 5.75 Å². The summed E-state index contributed by atoms with van der Waals surface area (Å²) in [4.78, 5) is 34.7. The largest absolute Gasteiger partial charge is 0.497 e. The second-order valence-electron chi connectivity index (χ2n) is 5.10. The molecular weight excluding hydrogens is 326 g/mol. The number of nitro benzene ring substituents is 1. The molecule has 0 unspecified atom stereocenters. The van der Waals surface area contributed by atoms with Crippen molar-refractivity contribution in [2.24, 2.45) is 0 Å². The Morgan fingerprint density at radius 3 is 2.56 bits per heavy atom. The summed E-state index contributed by atoms with van der Waals surface area (Å²) in [5, 5.41) is 16.1. The van der Waals surface area contributed by atoms with Crippen molar-refractivity contribution in [1.29, 1.82) is 0 Å². The molecule has 0 aliphatic rings. The van der Waals surface area contributed by atoms with E-state index in [0.29, 0.717) is 17.0 Å². The minimum atomic E-state index is -0.536. The number of carbonyl (C=O) groups excluding carboxylic acids is 2. The van der Waals surface area contributed by atoms with E-state index in [9.17, 15) is 19.7 Å². The fraction of sp³-hybridized carbons (Fsp3) is 0.176. The molecule has 2 aromatic rings. The first-order valence-electron chi connectivity index (χ1n) is 7.38. The molecule has 8 nitrogen and oxygen atoms in total. The number of carbonyl (C=O) groups is 2. The second-order valence-corrected chi connectivity index (χ2v) is 5.10. The SMILES string of the molecule is CNC(=O)c1cc(OC)ccc1NC(=O)Cc1ccccc1[N+](=O)[O-]. The number of nitro groups is 1. The third-order valence-electron chi connectivity index (χ3n) is 3.51. The van der Waals surface area contributed by atoms with Crippen LogP contribution in [0.3, 0.4) is 0 Å². The summed E-state index contributed by atoms with van der Waals surface area (Å²) in [5.74, 6) is -0.389. The molecule has 0 atom stereocenters. The molecule has 0 bridgehead atoms. The van der Waals surface area contributed by atoms with Crippen LogP contribution in [0.15, 0.2) is 42.5 Å². The fourth-order valence-electron chi connectivity index (χ4n) is 2.29. The summed E-state index contributed by atoms with van der Waals surface area (Å²) < 4.78 is 5.08. The molecule has 2 N–H and O–H groups in total. The van der Waals surface area contributed by atoms with Gasteiger partial charge in [-0.2, -0.15) is 0 Å². The molecule has 0 aromatic heterocycles. The molecule has 0 radical (unpaired) electrons. The molecule has 0 fully saturated rings. The zero-order chi connectivity index (χ0) is 18.4. The van der Waals surface area contributed by atoms with Crippen LogP contribution in [0.5, 0.6) is 5.75 Å². The van der Waals surface area contributed by atoms with Gasteiger partial charge in [0.25, 0.3) is 11.6 Å². The molecule has 25 heavy (non-hydrogen) atoms. The maximum Gasteiger partial charge on any atom is 0.273 e. The summed E-state index contributed by atoms with van der Waals surface area (Å²) in [6.45, 7) is 0. The predicted molar refractivity (Wildman–Crippen MR) is 91.8 cm³/mol. The van der Waals surface area contributed by atoms with Gasteiger partial charge < -0.3 is 15.4 Å². The maximum absolute atomic E-state index is 12.3. The third-order valence-corrected chi connectivity index (χ3v) is 3.51. The maximum atomic E-state index is 12.3. The molecule has 0 spiro atoms. The van der Waals surface area contributed by atoms with Gasteiger partial charge in [-0.25, -0.2) is 0 Å². The minimum absolute atomic E-state index is 0.126. The molecule has 2 aromatic carbocycles. The van der Waals surface area contributed by atoms with Gasteiger partial charge >= 0.3 is 0 Å². The lowest BCUT2D eigenvalue weighted by Crippen LogP contribution is -2.22. The minimum Gasteiger partial charge on any atom is -0.497 e. The van der Waals surface area contributed by atoms with E-state index in [1.54, 1.807) is 18.2 Å². The number of rotatable bonds is 6. The van der Waals surface area contributed by atoms with Crippen molar-refractivity contribution >= 4 is 23.2 Å². The molecule has 0 saturated heterocycles. The van der Waals surface area contributed by atoms with Gasteiger partial charge in [0, 0.05) is 18.7 Å². The Bertz CT molecular complexity index is 820. The Labute approximate surface area is 144 Å². The van der Waals surface area contributed by atoms with Gasteiger partial charge in [0.05, 0.1) is 29.7 Å². The number of benzene rings is 2. The van der Waals surface area contributed by atoms with E-state index in [4.69, 9.17) is 4.74 Å². The van der Waals surface area contributed by atoms with E-state index in [1.165, 1.54) is 38.4 Å². The van der Waals surface area contributed by atoms with Crippen LogP contribution in [-0.4, -0.2) is 30.9 Å². The van der Waals surface area contributed by atoms with Crippen molar-refractivity contribution < 1.29 is 19.2 Å². The lowest BCUT2D eigenvalue weighted by atomic mass is 10.1.